The number of benzene rings is 1. The molecule has 5 rings (SSSR count). The molecule has 3 fully saturated rings. The highest BCUT2D eigenvalue weighted by Gasteiger charge is 2.29. The largest absolute Gasteiger partial charge is 0.379 e. The van der Waals surface area contributed by atoms with Gasteiger partial charge in [-0.05, 0) is 44.2 Å². The van der Waals surface area contributed by atoms with Gasteiger partial charge in [0.25, 0.3) is 0 Å². The summed E-state index contributed by atoms with van der Waals surface area (Å²) < 4.78 is 41.4. The van der Waals surface area contributed by atoms with Gasteiger partial charge in [0.1, 0.15) is 0 Å². The first-order valence-corrected chi connectivity index (χ1v) is 14.4. The van der Waals surface area contributed by atoms with Crippen LogP contribution >= 0.6 is 11.8 Å². The van der Waals surface area contributed by atoms with Gasteiger partial charge in [0.15, 0.2) is 11.0 Å². The fourth-order valence-corrected chi connectivity index (χ4v) is 7.43. The molecular weight excluding hydrogens is 460 g/mol. The molecule has 1 aromatic carbocycles. The normalized spacial score (nSPS) is 23.2. The van der Waals surface area contributed by atoms with Crippen LogP contribution < -0.4 is 0 Å². The molecule has 2 aromatic rings. The molecule has 0 amide bonds. The second-order valence-corrected chi connectivity index (χ2v) is 11.9. The number of sulfonamides is 1. The smallest absolute Gasteiger partial charge is 0.243 e. The average Bonchev–Trinajstić information content (AvgIpc) is 3.54. The van der Waals surface area contributed by atoms with E-state index in [0.29, 0.717) is 37.2 Å². The highest BCUT2D eigenvalue weighted by molar-refractivity contribution is 7.99. The van der Waals surface area contributed by atoms with Crippen LogP contribution in [0.25, 0.3) is 11.4 Å². The molecule has 1 aliphatic carbocycles. The van der Waals surface area contributed by atoms with Gasteiger partial charge >= 0.3 is 0 Å². The van der Waals surface area contributed by atoms with Crippen molar-refractivity contribution >= 4 is 21.8 Å². The van der Waals surface area contributed by atoms with Crippen molar-refractivity contribution in [1.29, 1.82) is 0 Å². The molecule has 1 atom stereocenters. The zero-order valence-corrected chi connectivity index (χ0v) is 20.5. The number of hydrogen-bond donors (Lipinski definition) is 0. The Morgan fingerprint density at radius 2 is 1.79 bits per heavy atom. The highest BCUT2D eigenvalue weighted by Crippen LogP contribution is 2.37. The van der Waals surface area contributed by atoms with E-state index in [4.69, 9.17) is 9.47 Å². The van der Waals surface area contributed by atoms with Crippen LogP contribution in [0.5, 0.6) is 0 Å². The third kappa shape index (κ3) is 5.14. The molecule has 0 spiro atoms. The number of ether oxygens (including phenoxy) is 2. The summed E-state index contributed by atoms with van der Waals surface area (Å²) >= 11 is 1.71. The molecule has 1 aromatic heterocycles. The fraction of sp³-hybridized carbons (Fsp3) is 0.652. The molecule has 180 valence electrons. The molecule has 2 aliphatic heterocycles. The number of aromatic nitrogens is 3. The Morgan fingerprint density at radius 1 is 1.00 bits per heavy atom. The summed E-state index contributed by atoms with van der Waals surface area (Å²) in [5.74, 6) is 1.63. The molecule has 0 bridgehead atoms. The van der Waals surface area contributed by atoms with Crippen molar-refractivity contribution in [3.05, 3.63) is 24.3 Å². The zero-order chi connectivity index (χ0) is 22.7. The third-order valence-corrected chi connectivity index (χ3v) is 9.70. The van der Waals surface area contributed by atoms with Gasteiger partial charge in [-0.15, -0.1) is 10.2 Å². The zero-order valence-electron chi connectivity index (χ0n) is 18.9. The number of nitrogens with zero attached hydrogens (tertiary/aromatic N) is 4. The molecule has 1 saturated carbocycles. The molecular formula is C23H32N4O4S2. The van der Waals surface area contributed by atoms with Crippen LogP contribution in [0.15, 0.2) is 34.3 Å². The molecule has 33 heavy (non-hydrogen) atoms. The third-order valence-electron chi connectivity index (χ3n) is 6.73. The summed E-state index contributed by atoms with van der Waals surface area (Å²) in [6.45, 7) is 2.47. The van der Waals surface area contributed by atoms with E-state index in [1.165, 1.54) is 23.6 Å². The Balaban J connectivity index is 1.43. The predicted octanol–water partition coefficient (Wildman–Crippen LogP) is 3.74. The van der Waals surface area contributed by atoms with Crippen molar-refractivity contribution in [2.24, 2.45) is 0 Å². The predicted molar refractivity (Wildman–Crippen MR) is 127 cm³/mol. The van der Waals surface area contributed by atoms with E-state index in [1.807, 2.05) is 6.07 Å². The standard InChI is InChI=1S/C23H32N4O4S2/c28-33(29,26-11-14-30-15-12-26)21-10-5-6-18(16-21)22-24-25-23(27(22)19-7-1-2-8-19)32-17-20-9-3-4-13-31-20/h5-6,10,16,19-20H,1-4,7-9,11-15,17H2. The lowest BCUT2D eigenvalue weighted by atomic mass is 10.1. The summed E-state index contributed by atoms with van der Waals surface area (Å²) in [7, 11) is -3.57. The molecule has 10 heteroatoms. The van der Waals surface area contributed by atoms with Crippen LogP contribution in [0.1, 0.15) is 51.0 Å². The van der Waals surface area contributed by atoms with Gasteiger partial charge in [0.2, 0.25) is 10.0 Å². The molecule has 0 radical (unpaired) electrons. The molecule has 1 unspecified atom stereocenters. The fourth-order valence-electron chi connectivity index (χ4n) is 4.90. The van der Waals surface area contributed by atoms with Crippen LogP contribution in [0.2, 0.25) is 0 Å². The van der Waals surface area contributed by atoms with Gasteiger partial charge in [0.05, 0.1) is 24.2 Å². The van der Waals surface area contributed by atoms with Crippen molar-refractivity contribution in [2.45, 2.75) is 67.1 Å². The Morgan fingerprint density at radius 3 is 2.55 bits per heavy atom. The molecule has 8 nitrogen and oxygen atoms in total. The van der Waals surface area contributed by atoms with E-state index in [2.05, 4.69) is 14.8 Å². The van der Waals surface area contributed by atoms with Crippen molar-refractivity contribution in [1.82, 2.24) is 19.1 Å². The van der Waals surface area contributed by atoms with E-state index < -0.39 is 10.0 Å². The first kappa shape index (κ1) is 23.3. The van der Waals surface area contributed by atoms with Crippen LogP contribution in [0.4, 0.5) is 0 Å². The maximum absolute atomic E-state index is 13.2. The minimum absolute atomic E-state index is 0.267. The van der Waals surface area contributed by atoms with Gasteiger partial charge in [-0.25, -0.2) is 8.42 Å². The maximum Gasteiger partial charge on any atom is 0.243 e. The minimum atomic E-state index is -3.57. The monoisotopic (exact) mass is 492 g/mol. The maximum atomic E-state index is 13.2. The van der Waals surface area contributed by atoms with Gasteiger partial charge < -0.3 is 9.47 Å². The van der Waals surface area contributed by atoms with E-state index in [9.17, 15) is 8.42 Å². The Hall–Kier alpha value is -1.46. The van der Waals surface area contributed by atoms with Crippen molar-refractivity contribution in [2.75, 3.05) is 38.7 Å². The average molecular weight is 493 g/mol. The molecule has 2 saturated heterocycles. The van der Waals surface area contributed by atoms with Crippen LogP contribution in [-0.4, -0.2) is 72.3 Å². The van der Waals surface area contributed by atoms with Crippen LogP contribution in [0.3, 0.4) is 0 Å². The van der Waals surface area contributed by atoms with Crippen LogP contribution in [-0.2, 0) is 19.5 Å². The van der Waals surface area contributed by atoms with Crippen LogP contribution in [0, 0.1) is 0 Å². The SMILES string of the molecule is O=S(=O)(c1cccc(-c2nnc(SCC3CCCCO3)n2C2CCCC2)c1)N1CCOCC1. The second kappa shape index (κ2) is 10.4. The topological polar surface area (TPSA) is 86.6 Å². The van der Waals surface area contributed by atoms with Gasteiger partial charge in [-0.1, -0.05) is 36.7 Å². The number of hydrogen-bond acceptors (Lipinski definition) is 7. The second-order valence-electron chi connectivity index (χ2n) is 8.96. The first-order valence-electron chi connectivity index (χ1n) is 12.0. The highest BCUT2D eigenvalue weighted by atomic mass is 32.2. The first-order chi connectivity index (χ1) is 16.1. The van der Waals surface area contributed by atoms with Gasteiger partial charge in [-0.2, -0.15) is 4.31 Å². The molecule has 3 heterocycles. The van der Waals surface area contributed by atoms with E-state index in [1.54, 1.807) is 30.0 Å². The quantitative estimate of drug-likeness (QED) is 0.544. The summed E-state index contributed by atoms with van der Waals surface area (Å²) in [5, 5.41) is 10.0. The Bertz CT molecular complexity index is 1040. The number of thioether (sulfide) groups is 1. The van der Waals surface area contributed by atoms with Crippen molar-refractivity contribution in [3.63, 3.8) is 0 Å². The Kier molecular flexibility index (Phi) is 7.36. The summed E-state index contributed by atoms with van der Waals surface area (Å²) in [4.78, 5) is 0.299. The summed E-state index contributed by atoms with van der Waals surface area (Å²) in [6.07, 6.45) is 8.33. The van der Waals surface area contributed by atoms with E-state index in [-0.39, 0.29) is 6.10 Å². The molecule has 0 N–H and O–H groups in total. The van der Waals surface area contributed by atoms with E-state index in [0.717, 1.165) is 54.6 Å². The van der Waals surface area contributed by atoms with Gasteiger partial charge in [-0.3, -0.25) is 4.57 Å². The number of rotatable bonds is 7. The lowest BCUT2D eigenvalue weighted by Crippen LogP contribution is -2.40. The van der Waals surface area contributed by atoms with Crippen molar-refractivity contribution < 1.29 is 17.9 Å². The Labute approximate surface area is 200 Å². The minimum Gasteiger partial charge on any atom is -0.379 e. The summed E-state index contributed by atoms with van der Waals surface area (Å²) in [5.41, 5.74) is 0.796. The lowest BCUT2D eigenvalue weighted by molar-refractivity contribution is 0.0315. The number of morpholine rings is 1. The molecule has 3 aliphatic rings. The van der Waals surface area contributed by atoms with Gasteiger partial charge in [0, 0.05) is 37.1 Å². The van der Waals surface area contributed by atoms with E-state index >= 15 is 0 Å². The van der Waals surface area contributed by atoms with Crippen molar-refractivity contribution in [3.8, 4) is 11.4 Å². The lowest BCUT2D eigenvalue weighted by Gasteiger charge is -2.26. The summed E-state index contributed by atoms with van der Waals surface area (Å²) in [6, 6.07) is 7.51.